The van der Waals surface area contributed by atoms with Gasteiger partial charge in [-0.2, -0.15) is 0 Å². The van der Waals surface area contributed by atoms with Gasteiger partial charge < -0.3 is 10.2 Å². The van der Waals surface area contributed by atoms with E-state index in [1.54, 1.807) is 6.07 Å². The van der Waals surface area contributed by atoms with Gasteiger partial charge in [0.1, 0.15) is 0 Å². The summed E-state index contributed by atoms with van der Waals surface area (Å²) in [4.78, 5) is 6.70. The van der Waals surface area contributed by atoms with Crippen LogP contribution in [-0.2, 0) is 6.54 Å². The molecule has 0 unspecified atom stereocenters. The van der Waals surface area contributed by atoms with E-state index in [9.17, 15) is 0 Å². The molecule has 0 aliphatic rings. The van der Waals surface area contributed by atoms with Crippen LogP contribution in [0, 0.1) is 6.92 Å². The van der Waals surface area contributed by atoms with E-state index in [0.29, 0.717) is 10.0 Å². The molecule has 2 aromatic rings. The summed E-state index contributed by atoms with van der Waals surface area (Å²) in [5.74, 6) is 0. The van der Waals surface area contributed by atoms with Crippen molar-refractivity contribution in [3.63, 3.8) is 0 Å². The fourth-order valence-corrected chi connectivity index (χ4v) is 2.91. The van der Waals surface area contributed by atoms with Gasteiger partial charge in [0.25, 0.3) is 0 Å². The van der Waals surface area contributed by atoms with Crippen LogP contribution in [-0.4, -0.2) is 26.1 Å². The Labute approximate surface area is 123 Å². The van der Waals surface area contributed by atoms with Gasteiger partial charge in [-0.3, -0.25) is 4.98 Å². The maximum Gasteiger partial charge on any atom is 0.0756 e. The maximum absolute atomic E-state index is 6.36. The van der Waals surface area contributed by atoms with Crippen molar-refractivity contribution in [3.05, 3.63) is 33.4 Å². The van der Waals surface area contributed by atoms with Gasteiger partial charge in [0, 0.05) is 42.3 Å². The molecule has 0 aliphatic carbocycles. The van der Waals surface area contributed by atoms with Crippen molar-refractivity contribution >= 4 is 39.8 Å². The first-order valence-corrected chi connectivity index (χ1v) is 6.81. The molecule has 2 rings (SSSR count). The molecule has 3 nitrogen and oxygen atoms in total. The standard InChI is InChI=1S/C14H17Cl2N3/c1-8-10(7-17-2)14(19(3)4)13-11(16)5-9(15)6-12(13)18-8/h5-6,17H,7H2,1-4H3. The maximum atomic E-state index is 6.36. The summed E-state index contributed by atoms with van der Waals surface area (Å²) in [7, 11) is 5.95. The number of halogens is 2. The molecule has 0 aliphatic heterocycles. The number of rotatable bonds is 3. The van der Waals surface area contributed by atoms with Crippen LogP contribution in [0.25, 0.3) is 10.9 Å². The minimum absolute atomic E-state index is 0.607. The molecule has 1 N–H and O–H groups in total. The summed E-state index contributed by atoms with van der Waals surface area (Å²) in [6.45, 7) is 2.76. The molecule has 0 radical (unpaired) electrons. The van der Waals surface area contributed by atoms with Crippen molar-refractivity contribution in [2.45, 2.75) is 13.5 Å². The number of benzene rings is 1. The van der Waals surface area contributed by atoms with Crippen molar-refractivity contribution < 1.29 is 0 Å². The predicted octanol–water partition coefficient (Wildman–Crippen LogP) is 3.64. The Balaban J connectivity index is 2.90. The largest absolute Gasteiger partial charge is 0.377 e. The normalized spacial score (nSPS) is 11.1. The summed E-state index contributed by atoms with van der Waals surface area (Å²) < 4.78 is 0. The van der Waals surface area contributed by atoms with Crippen molar-refractivity contribution in [3.8, 4) is 0 Å². The van der Waals surface area contributed by atoms with Crippen LogP contribution in [0.2, 0.25) is 10.0 Å². The second-order valence-electron chi connectivity index (χ2n) is 4.73. The molecule has 0 amide bonds. The average molecular weight is 298 g/mol. The Kier molecular flexibility index (Phi) is 4.19. The summed E-state index contributed by atoms with van der Waals surface area (Å²) >= 11 is 12.4. The summed E-state index contributed by atoms with van der Waals surface area (Å²) in [5.41, 5.74) is 4.07. The Bertz CT molecular complexity index is 624. The van der Waals surface area contributed by atoms with Gasteiger partial charge in [-0.25, -0.2) is 0 Å². The van der Waals surface area contributed by atoms with E-state index < -0.39 is 0 Å². The first kappa shape index (κ1) is 14.4. The number of nitrogens with zero attached hydrogens (tertiary/aromatic N) is 2. The van der Waals surface area contributed by atoms with Crippen molar-refractivity contribution in [1.82, 2.24) is 10.3 Å². The molecule has 0 saturated heterocycles. The lowest BCUT2D eigenvalue weighted by molar-refractivity contribution is 0.804. The highest BCUT2D eigenvalue weighted by atomic mass is 35.5. The molecule has 19 heavy (non-hydrogen) atoms. The molecule has 1 aromatic heterocycles. The number of hydrogen-bond acceptors (Lipinski definition) is 3. The van der Waals surface area contributed by atoms with E-state index in [4.69, 9.17) is 23.2 Å². The van der Waals surface area contributed by atoms with Gasteiger partial charge >= 0.3 is 0 Å². The van der Waals surface area contributed by atoms with Gasteiger partial charge in [0.2, 0.25) is 0 Å². The zero-order valence-electron chi connectivity index (χ0n) is 11.5. The predicted molar refractivity (Wildman–Crippen MR) is 83.6 cm³/mol. The SMILES string of the molecule is CNCc1c(C)nc2cc(Cl)cc(Cl)c2c1N(C)C. The van der Waals surface area contributed by atoms with Gasteiger partial charge in [-0.15, -0.1) is 0 Å². The van der Waals surface area contributed by atoms with Crippen LogP contribution >= 0.6 is 23.2 Å². The number of anilines is 1. The summed E-state index contributed by atoms with van der Waals surface area (Å²) in [6, 6.07) is 3.62. The number of fused-ring (bicyclic) bond motifs is 1. The molecule has 0 bridgehead atoms. The van der Waals surface area contributed by atoms with Crippen molar-refractivity contribution in [1.29, 1.82) is 0 Å². The van der Waals surface area contributed by atoms with E-state index in [1.807, 2.05) is 34.1 Å². The number of aryl methyl sites for hydroxylation is 1. The molecule has 102 valence electrons. The Hall–Kier alpha value is -1.03. The highest BCUT2D eigenvalue weighted by Gasteiger charge is 2.16. The van der Waals surface area contributed by atoms with Crippen LogP contribution in [0.3, 0.4) is 0 Å². The third-order valence-electron chi connectivity index (χ3n) is 3.08. The van der Waals surface area contributed by atoms with Crippen molar-refractivity contribution in [2.24, 2.45) is 0 Å². The monoisotopic (exact) mass is 297 g/mol. The van der Waals surface area contributed by atoms with E-state index in [-0.39, 0.29) is 0 Å². The smallest absolute Gasteiger partial charge is 0.0756 e. The molecular weight excluding hydrogens is 281 g/mol. The fraction of sp³-hybridized carbons (Fsp3) is 0.357. The highest BCUT2D eigenvalue weighted by molar-refractivity contribution is 6.39. The molecule has 0 spiro atoms. The van der Waals surface area contributed by atoms with Crippen LogP contribution in [0.15, 0.2) is 12.1 Å². The van der Waals surface area contributed by atoms with Gasteiger partial charge in [0.05, 0.1) is 16.2 Å². The van der Waals surface area contributed by atoms with Gasteiger partial charge in [-0.05, 0) is 26.1 Å². The minimum Gasteiger partial charge on any atom is -0.377 e. The highest BCUT2D eigenvalue weighted by Crippen LogP contribution is 2.37. The lowest BCUT2D eigenvalue weighted by atomic mass is 10.0. The molecule has 5 heteroatoms. The molecule has 0 atom stereocenters. The van der Waals surface area contributed by atoms with Crippen molar-refractivity contribution in [2.75, 3.05) is 26.0 Å². The van der Waals surface area contributed by atoms with E-state index in [2.05, 4.69) is 15.2 Å². The quantitative estimate of drug-likeness (QED) is 0.937. The molecule has 1 heterocycles. The lowest BCUT2D eigenvalue weighted by Gasteiger charge is -2.22. The number of hydrogen-bond donors (Lipinski definition) is 1. The zero-order valence-corrected chi connectivity index (χ0v) is 13.0. The van der Waals surface area contributed by atoms with Gasteiger partial charge in [0.15, 0.2) is 0 Å². The summed E-state index contributed by atoms with van der Waals surface area (Å²) in [5, 5.41) is 5.37. The topological polar surface area (TPSA) is 28.2 Å². The Morgan fingerprint density at radius 1 is 1.26 bits per heavy atom. The lowest BCUT2D eigenvalue weighted by Crippen LogP contribution is -2.17. The number of nitrogens with one attached hydrogen (secondary N) is 1. The van der Waals surface area contributed by atoms with Crippen LogP contribution in [0.4, 0.5) is 5.69 Å². The van der Waals surface area contributed by atoms with E-state index >= 15 is 0 Å². The third kappa shape index (κ3) is 2.64. The number of pyridine rings is 1. The van der Waals surface area contributed by atoms with Crippen LogP contribution in [0.1, 0.15) is 11.3 Å². The first-order chi connectivity index (χ1) is 8.95. The van der Waals surface area contributed by atoms with E-state index in [0.717, 1.165) is 34.4 Å². The van der Waals surface area contributed by atoms with Crippen LogP contribution in [0.5, 0.6) is 0 Å². The Morgan fingerprint density at radius 3 is 2.53 bits per heavy atom. The molecule has 0 saturated carbocycles. The third-order valence-corrected chi connectivity index (χ3v) is 3.60. The minimum atomic E-state index is 0.607. The Morgan fingerprint density at radius 2 is 1.95 bits per heavy atom. The second kappa shape index (κ2) is 5.53. The zero-order chi connectivity index (χ0) is 14.2. The molecular formula is C14H17Cl2N3. The molecule has 0 fully saturated rings. The number of aromatic nitrogens is 1. The molecule has 1 aromatic carbocycles. The van der Waals surface area contributed by atoms with E-state index in [1.165, 1.54) is 0 Å². The fourth-order valence-electron chi connectivity index (χ4n) is 2.33. The van der Waals surface area contributed by atoms with Crippen LogP contribution < -0.4 is 10.2 Å². The van der Waals surface area contributed by atoms with Gasteiger partial charge in [-0.1, -0.05) is 23.2 Å². The average Bonchev–Trinajstić information content (AvgIpc) is 2.30. The summed E-state index contributed by atoms with van der Waals surface area (Å²) in [6.07, 6.45) is 0. The second-order valence-corrected chi connectivity index (χ2v) is 5.57. The first-order valence-electron chi connectivity index (χ1n) is 6.06.